The molecule has 1 heterocycles. The third-order valence-corrected chi connectivity index (χ3v) is 7.72. The molecule has 39 heavy (non-hydrogen) atoms. The molecule has 0 aliphatic carbocycles. The lowest BCUT2D eigenvalue weighted by atomic mass is 10.1. The summed E-state index contributed by atoms with van der Waals surface area (Å²) in [7, 11) is -4.20. The smallest absolute Gasteiger partial charge is 0.339 e. The van der Waals surface area contributed by atoms with Crippen LogP contribution in [0.25, 0.3) is 6.08 Å². The van der Waals surface area contributed by atoms with Crippen LogP contribution in [0.5, 0.6) is 11.5 Å². The summed E-state index contributed by atoms with van der Waals surface area (Å²) in [6.45, 7) is 5.40. The topological polar surface area (TPSA) is 119 Å². The van der Waals surface area contributed by atoms with Crippen LogP contribution < -0.4 is 19.1 Å². The van der Waals surface area contributed by atoms with Crippen LogP contribution in [0.15, 0.2) is 69.5 Å². The van der Waals surface area contributed by atoms with Gasteiger partial charge in [0.15, 0.2) is 11.5 Å². The van der Waals surface area contributed by atoms with Gasteiger partial charge in [-0.05, 0) is 90.3 Å². The maximum Gasteiger partial charge on any atom is 0.339 e. The Labute approximate surface area is 238 Å². The first-order valence-corrected chi connectivity index (χ1v) is 14.1. The highest BCUT2D eigenvalue weighted by molar-refractivity contribution is 9.10. The molecule has 0 spiro atoms. The second kappa shape index (κ2) is 11.2. The van der Waals surface area contributed by atoms with E-state index >= 15 is 0 Å². The second-order valence-electron chi connectivity index (χ2n) is 8.50. The van der Waals surface area contributed by atoms with Crippen molar-refractivity contribution >= 4 is 67.3 Å². The number of nitrogens with zero attached hydrogens (tertiary/aromatic N) is 1. The van der Waals surface area contributed by atoms with Crippen LogP contribution in [-0.2, 0) is 19.7 Å². The predicted molar refractivity (Wildman–Crippen MR) is 149 cm³/mol. The lowest BCUT2D eigenvalue weighted by Gasteiger charge is -2.27. The van der Waals surface area contributed by atoms with Crippen molar-refractivity contribution in [3.05, 3.63) is 86.4 Å². The Balaban J connectivity index is 1.74. The Morgan fingerprint density at radius 3 is 2.38 bits per heavy atom. The molecule has 1 saturated heterocycles. The summed E-state index contributed by atoms with van der Waals surface area (Å²) >= 11 is 9.38. The van der Waals surface area contributed by atoms with Crippen LogP contribution in [0, 0.1) is 13.8 Å². The average Bonchev–Trinajstić information content (AvgIpc) is 2.86. The molecule has 0 atom stereocenters. The Hall–Kier alpha value is -3.67. The van der Waals surface area contributed by atoms with Crippen LogP contribution >= 0.6 is 27.5 Å². The lowest BCUT2D eigenvalue weighted by molar-refractivity contribution is -0.122. The summed E-state index contributed by atoms with van der Waals surface area (Å²) in [5, 5.41) is 2.47. The molecule has 1 aliphatic rings. The molecule has 3 aromatic rings. The number of carbonyl (C=O) groups is 3. The number of urea groups is 1. The van der Waals surface area contributed by atoms with Gasteiger partial charge in [-0.15, -0.1) is 0 Å². The maximum absolute atomic E-state index is 13.3. The van der Waals surface area contributed by atoms with Crippen molar-refractivity contribution in [3.63, 3.8) is 0 Å². The second-order valence-corrected chi connectivity index (χ2v) is 11.3. The van der Waals surface area contributed by atoms with Gasteiger partial charge in [-0.25, -0.2) is 9.69 Å². The lowest BCUT2D eigenvalue weighted by Crippen LogP contribution is -2.54. The van der Waals surface area contributed by atoms with Gasteiger partial charge in [0.2, 0.25) is 0 Å². The van der Waals surface area contributed by atoms with Crippen molar-refractivity contribution in [2.45, 2.75) is 25.7 Å². The van der Waals surface area contributed by atoms with Crippen LogP contribution in [0.1, 0.15) is 23.6 Å². The van der Waals surface area contributed by atoms with Gasteiger partial charge in [0.05, 0.1) is 16.8 Å². The number of barbiturate groups is 1. The number of ether oxygens (including phenoxy) is 1. The number of hydrogen-bond donors (Lipinski definition) is 1. The fourth-order valence-electron chi connectivity index (χ4n) is 3.74. The molecule has 0 saturated carbocycles. The Morgan fingerprint density at radius 2 is 1.72 bits per heavy atom. The third-order valence-electron chi connectivity index (χ3n) is 5.66. The van der Waals surface area contributed by atoms with Crippen molar-refractivity contribution in [1.82, 2.24) is 5.32 Å². The molecule has 4 amide bonds. The number of amides is 4. The number of rotatable bonds is 7. The molecule has 0 radical (unpaired) electrons. The molecule has 0 aromatic heterocycles. The van der Waals surface area contributed by atoms with Gasteiger partial charge >= 0.3 is 16.1 Å². The SMILES string of the molecule is CCOc1cc(/C=C2\C(=O)NC(=O)N(c3cc(Cl)ccc3C)C2=O)cc(Br)c1OS(=O)(=O)c1ccc(C)cc1. The molecule has 0 bridgehead atoms. The van der Waals surface area contributed by atoms with Gasteiger partial charge in [-0.3, -0.25) is 14.9 Å². The molecule has 1 aliphatic heterocycles. The first-order valence-electron chi connectivity index (χ1n) is 11.6. The molecular formula is C27H22BrClN2O7S. The van der Waals surface area contributed by atoms with E-state index in [1.54, 1.807) is 38.1 Å². The number of hydrogen-bond acceptors (Lipinski definition) is 7. The van der Waals surface area contributed by atoms with Crippen molar-refractivity contribution < 1.29 is 31.7 Å². The van der Waals surface area contributed by atoms with Gasteiger partial charge in [0.1, 0.15) is 10.5 Å². The van der Waals surface area contributed by atoms with Gasteiger partial charge < -0.3 is 8.92 Å². The quantitative estimate of drug-likeness (QED) is 0.206. The van der Waals surface area contributed by atoms with E-state index in [-0.39, 0.29) is 38.7 Å². The van der Waals surface area contributed by atoms with E-state index in [0.29, 0.717) is 16.1 Å². The summed E-state index contributed by atoms with van der Waals surface area (Å²) < 4.78 is 37.0. The van der Waals surface area contributed by atoms with E-state index in [4.69, 9.17) is 20.5 Å². The minimum atomic E-state index is -4.20. The predicted octanol–water partition coefficient (Wildman–Crippen LogP) is 5.55. The van der Waals surface area contributed by atoms with Crippen molar-refractivity contribution in [3.8, 4) is 11.5 Å². The Morgan fingerprint density at radius 1 is 1.03 bits per heavy atom. The van der Waals surface area contributed by atoms with Crippen molar-refractivity contribution in [2.24, 2.45) is 0 Å². The first kappa shape index (κ1) is 28.3. The fraction of sp³-hybridized carbons (Fsp3) is 0.148. The van der Waals surface area contributed by atoms with Gasteiger partial charge in [0, 0.05) is 5.02 Å². The summed E-state index contributed by atoms with van der Waals surface area (Å²) in [5.74, 6) is -1.80. The number of benzene rings is 3. The van der Waals surface area contributed by atoms with E-state index in [1.807, 2.05) is 6.92 Å². The zero-order chi connectivity index (χ0) is 28.5. The van der Waals surface area contributed by atoms with Crippen LogP contribution in [-0.4, -0.2) is 32.9 Å². The minimum Gasteiger partial charge on any atom is -0.490 e. The minimum absolute atomic E-state index is 0.0424. The summed E-state index contributed by atoms with van der Waals surface area (Å²) in [6.07, 6.45) is 1.27. The fourth-order valence-corrected chi connectivity index (χ4v) is 5.52. The van der Waals surface area contributed by atoms with Crippen molar-refractivity contribution in [2.75, 3.05) is 11.5 Å². The maximum atomic E-state index is 13.3. The first-order chi connectivity index (χ1) is 18.4. The van der Waals surface area contributed by atoms with E-state index < -0.39 is 28.0 Å². The molecule has 202 valence electrons. The van der Waals surface area contributed by atoms with Gasteiger partial charge in [-0.1, -0.05) is 35.4 Å². The van der Waals surface area contributed by atoms with Crippen molar-refractivity contribution in [1.29, 1.82) is 0 Å². The number of nitrogens with one attached hydrogen (secondary N) is 1. The monoisotopic (exact) mass is 632 g/mol. The Bertz CT molecular complexity index is 1640. The third kappa shape index (κ3) is 6.00. The van der Waals surface area contributed by atoms with Crippen LogP contribution in [0.4, 0.5) is 10.5 Å². The molecule has 3 aromatic carbocycles. The number of anilines is 1. The van der Waals surface area contributed by atoms with Gasteiger partial charge in [0.25, 0.3) is 11.8 Å². The molecular weight excluding hydrogens is 612 g/mol. The summed E-state index contributed by atoms with van der Waals surface area (Å²) in [5.41, 5.74) is 1.68. The van der Waals surface area contributed by atoms with E-state index in [9.17, 15) is 22.8 Å². The molecule has 0 unspecified atom stereocenters. The van der Waals surface area contributed by atoms with E-state index in [1.165, 1.54) is 36.4 Å². The molecule has 1 fully saturated rings. The number of aryl methyl sites for hydroxylation is 2. The molecule has 1 N–H and O–H groups in total. The highest BCUT2D eigenvalue weighted by atomic mass is 79.9. The highest BCUT2D eigenvalue weighted by Gasteiger charge is 2.37. The Kier molecular flexibility index (Phi) is 8.15. The summed E-state index contributed by atoms with van der Waals surface area (Å²) in [6, 6.07) is 12.8. The van der Waals surface area contributed by atoms with E-state index in [0.717, 1.165) is 10.5 Å². The average molecular weight is 634 g/mol. The highest BCUT2D eigenvalue weighted by Crippen LogP contribution is 2.39. The van der Waals surface area contributed by atoms with Gasteiger partial charge in [-0.2, -0.15) is 8.42 Å². The molecule has 9 nitrogen and oxygen atoms in total. The molecule has 4 rings (SSSR count). The summed E-state index contributed by atoms with van der Waals surface area (Å²) in [4.78, 5) is 39.4. The number of imide groups is 2. The van der Waals surface area contributed by atoms with Crippen LogP contribution in [0.2, 0.25) is 5.02 Å². The normalized spacial score (nSPS) is 14.9. The zero-order valence-corrected chi connectivity index (χ0v) is 24.1. The largest absolute Gasteiger partial charge is 0.490 e. The standard InChI is InChI=1S/C27H22BrClN2O7S/c1-4-37-23-13-17(12-21(28)24(23)38-39(35,36)19-9-5-15(2)6-10-19)11-20-25(32)30-27(34)31(26(20)33)22-14-18(29)8-7-16(22)3/h5-14H,4H2,1-3H3,(H,30,32,34)/b20-11+. The van der Waals surface area contributed by atoms with Crippen LogP contribution in [0.3, 0.4) is 0 Å². The molecule has 12 heteroatoms. The zero-order valence-electron chi connectivity index (χ0n) is 20.9. The van der Waals surface area contributed by atoms with E-state index in [2.05, 4.69) is 21.2 Å². The number of carbonyl (C=O) groups excluding carboxylic acids is 3. The number of halogens is 2.